The Morgan fingerprint density at radius 2 is 1.00 bits per heavy atom. The van der Waals surface area contributed by atoms with E-state index < -0.39 is 47.5 Å². The molecule has 4 heterocycles. The normalized spacial score (nSPS) is 17.5. The molecule has 8 N–H and O–H groups in total. The first-order valence-corrected chi connectivity index (χ1v) is 24.7. The third kappa shape index (κ3) is 9.18. The Morgan fingerprint density at radius 3 is 1.33 bits per heavy atom. The molecule has 6 rings (SSSR count). The molecule has 8 amide bonds. The van der Waals surface area contributed by atoms with Crippen molar-refractivity contribution in [3.05, 3.63) is 34.4 Å². The fourth-order valence-electron chi connectivity index (χ4n) is 7.64. The maximum Gasteiger partial charge on any atom is 0.265 e. The number of nitrogens with zero attached hydrogens (tertiary/aromatic N) is 2. The predicted octanol–water partition coefficient (Wildman–Crippen LogP) is 2.14. The number of carbonyl (C=O) groups excluding carboxylic acids is 8. The van der Waals surface area contributed by atoms with Gasteiger partial charge in [0.05, 0.1) is 47.3 Å². The van der Waals surface area contributed by atoms with Crippen molar-refractivity contribution in [3.8, 4) is 11.5 Å². The van der Waals surface area contributed by atoms with Gasteiger partial charge in [0.1, 0.15) is 23.6 Å². The van der Waals surface area contributed by atoms with Crippen LogP contribution in [-0.2, 0) is 19.2 Å². The van der Waals surface area contributed by atoms with Crippen molar-refractivity contribution in [1.29, 1.82) is 0 Å². The van der Waals surface area contributed by atoms with Crippen LogP contribution in [0.2, 0.25) is 0 Å². The zero-order chi connectivity index (χ0) is 43.1. The van der Waals surface area contributed by atoms with Gasteiger partial charge in [-0.25, -0.2) is 11.7 Å². The number of rotatable bonds is 20. The van der Waals surface area contributed by atoms with Crippen LogP contribution in [0.15, 0.2) is 12.1 Å². The average Bonchev–Trinajstić information content (AvgIpc) is 3.99. The van der Waals surface area contributed by atoms with Crippen molar-refractivity contribution in [1.82, 2.24) is 31.3 Å². The molecule has 0 radical (unpaired) electrons. The molecule has 4 aliphatic rings. The lowest BCUT2D eigenvalue weighted by Crippen LogP contribution is -2.56. The number of nitrogens with two attached hydrogens (primary N) is 2. The zero-order valence-corrected chi connectivity index (χ0v) is 36.4. The van der Waals surface area contributed by atoms with Gasteiger partial charge in [-0.05, 0) is 64.5 Å². The van der Waals surface area contributed by atoms with Crippen LogP contribution in [0.4, 0.5) is 0 Å². The molecule has 0 aromatic heterocycles. The Hall–Kier alpha value is -4.22. The van der Waals surface area contributed by atoms with E-state index in [9.17, 15) is 38.4 Å². The Bertz CT molecular complexity index is 1920. The monoisotopic (exact) mass is 904 g/mol. The quantitative estimate of drug-likeness (QED) is 0.0278. The van der Waals surface area contributed by atoms with Gasteiger partial charge in [-0.15, -0.1) is 0 Å². The Balaban J connectivity index is 1.32. The molecule has 324 valence electrons. The third-order valence-corrected chi connectivity index (χ3v) is 15.7. The van der Waals surface area contributed by atoms with Crippen LogP contribution in [0.5, 0.6) is 11.5 Å². The van der Waals surface area contributed by atoms with E-state index in [1.54, 1.807) is 57.0 Å². The van der Waals surface area contributed by atoms with Crippen LogP contribution >= 0.6 is 43.2 Å². The number of hydrogen-bond acceptors (Lipinski definition) is 16. The van der Waals surface area contributed by atoms with E-state index in [0.717, 1.165) is 32.8 Å². The van der Waals surface area contributed by atoms with Crippen LogP contribution in [0.25, 0.3) is 10.8 Å². The molecule has 0 bridgehead atoms. The number of nitrogens with one attached hydrogen (secondary N) is 4. The van der Waals surface area contributed by atoms with Crippen LogP contribution in [0.1, 0.15) is 93.8 Å². The van der Waals surface area contributed by atoms with E-state index in [1.165, 1.54) is 12.1 Å². The zero-order valence-electron chi connectivity index (χ0n) is 33.1. The summed E-state index contributed by atoms with van der Waals surface area (Å²) in [6.07, 6.45) is 1.56. The van der Waals surface area contributed by atoms with Gasteiger partial charge in [0.25, 0.3) is 35.4 Å². The molecule has 60 heavy (non-hydrogen) atoms. The number of imide groups is 2. The summed E-state index contributed by atoms with van der Waals surface area (Å²) in [7, 11) is 6.58. The summed E-state index contributed by atoms with van der Waals surface area (Å²) in [5.41, 5.74) is 3.59. The fraction of sp³-hybridized carbons (Fsp3) is 0.526. The van der Waals surface area contributed by atoms with Gasteiger partial charge in [0.2, 0.25) is 11.8 Å². The van der Waals surface area contributed by atoms with Gasteiger partial charge in [-0.1, -0.05) is 43.2 Å². The van der Waals surface area contributed by atoms with E-state index >= 15 is 0 Å². The first kappa shape index (κ1) is 45.3. The molecule has 22 heteroatoms. The van der Waals surface area contributed by atoms with Crippen molar-refractivity contribution in [3.63, 3.8) is 0 Å². The van der Waals surface area contributed by atoms with Crippen molar-refractivity contribution in [2.45, 2.75) is 64.5 Å². The van der Waals surface area contributed by atoms with E-state index in [1.807, 2.05) is 0 Å². The molecular formula is C38H48N8O10S4. The molecule has 2 saturated heterocycles. The molecular weight excluding hydrogens is 857 g/mol. The number of unbranched alkanes of at least 4 members (excludes halogenated alkanes) is 2. The molecule has 0 spiro atoms. The van der Waals surface area contributed by atoms with E-state index in [0.29, 0.717) is 38.8 Å². The van der Waals surface area contributed by atoms with Crippen molar-refractivity contribution in [2.24, 2.45) is 23.5 Å². The number of hydrazine groups is 2. The number of carbonyl (C=O) groups is 8. The minimum Gasteiger partial charge on any atom is -0.493 e. The number of hydrogen-bond donors (Lipinski definition) is 6. The molecule has 4 aliphatic heterocycles. The molecule has 2 aromatic carbocycles. The summed E-state index contributed by atoms with van der Waals surface area (Å²) in [4.78, 5) is 112. The highest BCUT2D eigenvalue weighted by atomic mass is 33.1. The van der Waals surface area contributed by atoms with Gasteiger partial charge in [-0.2, -0.15) is 0 Å². The standard InChI is InChI=1S/C38H48N8O10S4/c1-3-55-25-13-21-28-27-22(36(52)45(37(53)29(25)27)23(33(49)43-39)9-5-7-11-41-31(47)19-15-57-58-16-19)14-26(56-4-2)30(28)38(54)46(35(21)51)24(34(50)44-40)10-6-8-12-42-32(48)20-17-59-60-18-20/h13-14,19-20,23-24H,3-12,15-18,39-40H2,1-2H3,(H,41,47)(H,42,48)(H,43,49)(H,44,50)/t23-,24-/m0/s1. The molecule has 2 aromatic rings. The van der Waals surface area contributed by atoms with E-state index in [-0.39, 0.29) is 94.2 Å². The third-order valence-electron chi connectivity index (χ3n) is 10.6. The molecule has 0 saturated carbocycles. The fourth-order valence-corrected chi connectivity index (χ4v) is 13.2. The minimum absolute atomic E-state index is 0.00415. The highest BCUT2D eigenvalue weighted by molar-refractivity contribution is 8.77. The first-order valence-electron chi connectivity index (χ1n) is 19.7. The number of ether oxygens (including phenoxy) is 2. The van der Waals surface area contributed by atoms with Gasteiger partial charge in [-0.3, -0.25) is 59.0 Å². The van der Waals surface area contributed by atoms with E-state index in [4.69, 9.17) is 21.2 Å². The van der Waals surface area contributed by atoms with Gasteiger partial charge in [0.15, 0.2) is 0 Å². The number of amides is 8. The summed E-state index contributed by atoms with van der Waals surface area (Å²) >= 11 is 0. The average molecular weight is 905 g/mol. The van der Waals surface area contributed by atoms with Gasteiger partial charge >= 0.3 is 0 Å². The van der Waals surface area contributed by atoms with Crippen LogP contribution in [0.3, 0.4) is 0 Å². The Labute approximate surface area is 361 Å². The van der Waals surface area contributed by atoms with Crippen LogP contribution < -0.4 is 42.6 Å². The summed E-state index contributed by atoms with van der Waals surface area (Å²) in [6.45, 7) is 4.02. The highest BCUT2D eigenvalue weighted by Crippen LogP contribution is 2.47. The molecule has 2 fully saturated rings. The SMILES string of the molecule is CCOc1cc2c3c(c(OCC)cc4c3c1C(=O)N([C@@H](CCCCNC(=O)C1CSSC1)C(=O)NN)C4=O)C(=O)N([C@@H](CCCCNC(=O)C1CSSC1)C(=O)NN)C2=O. The van der Waals surface area contributed by atoms with Crippen molar-refractivity contribution < 1.29 is 47.8 Å². The van der Waals surface area contributed by atoms with Crippen molar-refractivity contribution >= 4 is 101 Å². The second-order valence-corrected chi connectivity index (χ2v) is 19.4. The molecule has 18 nitrogen and oxygen atoms in total. The maximum absolute atomic E-state index is 14.6. The van der Waals surface area contributed by atoms with Crippen LogP contribution in [0, 0.1) is 11.8 Å². The summed E-state index contributed by atoms with van der Waals surface area (Å²) in [5, 5.41) is 5.75. The second kappa shape index (κ2) is 20.6. The van der Waals surface area contributed by atoms with E-state index in [2.05, 4.69) is 21.5 Å². The Kier molecular flexibility index (Phi) is 15.5. The lowest BCUT2D eigenvalue weighted by atomic mass is 9.83. The first-order chi connectivity index (χ1) is 29.0. The molecule has 0 aliphatic carbocycles. The number of benzene rings is 2. The van der Waals surface area contributed by atoms with Crippen molar-refractivity contribution in [2.75, 3.05) is 49.3 Å². The maximum atomic E-state index is 14.6. The van der Waals surface area contributed by atoms with Crippen LogP contribution in [-0.4, -0.2) is 118 Å². The highest BCUT2D eigenvalue weighted by Gasteiger charge is 2.48. The summed E-state index contributed by atoms with van der Waals surface area (Å²) in [5.74, 6) is 8.43. The summed E-state index contributed by atoms with van der Waals surface area (Å²) in [6, 6.07) is -0.159. The largest absolute Gasteiger partial charge is 0.493 e. The molecule has 2 atom stereocenters. The summed E-state index contributed by atoms with van der Waals surface area (Å²) < 4.78 is 11.9. The second-order valence-electron chi connectivity index (χ2n) is 14.3. The molecule has 0 unspecified atom stereocenters. The lowest BCUT2D eigenvalue weighted by Gasteiger charge is -2.37. The van der Waals surface area contributed by atoms with Gasteiger partial charge in [0, 0.05) is 46.9 Å². The topological polar surface area (TPSA) is 262 Å². The lowest BCUT2D eigenvalue weighted by molar-refractivity contribution is -0.126. The minimum atomic E-state index is -1.38. The Morgan fingerprint density at radius 1 is 0.633 bits per heavy atom. The van der Waals surface area contributed by atoms with Gasteiger partial charge < -0.3 is 20.1 Å². The predicted molar refractivity (Wildman–Crippen MR) is 230 cm³/mol. The smallest absolute Gasteiger partial charge is 0.265 e.